The Morgan fingerprint density at radius 1 is 1.36 bits per heavy atom. The van der Waals surface area contributed by atoms with Crippen LogP contribution in [0.25, 0.3) is 0 Å². The lowest BCUT2D eigenvalue weighted by molar-refractivity contribution is 0.177. The van der Waals surface area contributed by atoms with E-state index in [-0.39, 0.29) is 0 Å². The van der Waals surface area contributed by atoms with Crippen LogP contribution in [-0.4, -0.2) is 46.3 Å². The van der Waals surface area contributed by atoms with E-state index in [4.69, 9.17) is 10.5 Å². The number of hydrogen-bond acceptors (Lipinski definition) is 6. The SMILES string of the molecule is COCc1nc(C2CC(N)C2)cc(N(C)CCCc2nccn2C)n1. The maximum atomic E-state index is 5.94. The van der Waals surface area contributed by atoms with Gasteiger partial charge in [0.15, 0.2) is 5.82 Å². The van der Waals surface area contributed by atoms with Crippen LogP contribution >= 0.6 is 0 Å². The molecular weight excluding hydrogens is 316 g/mol. The van der Waals surface area contributed by atoms with Crippen LogP contribution in [0.3, 0.4) is 0 Å². The Bertz CT molecular complexity index is 695. The van der Waals surface area contributed by atoms with Crippen LogP contribution in [0.2, 0.25) is 0 Å². The standard InChI is InChI=1S/C18H28N6O/c1-23(7-4-5-17-20-6-8-24(17)2)18-11-15(13-9-14(19)10-13)21-16(22-18)12-25-3/h6,8,11,13-14H,4-5,7,9-10,12,19H2,1-3H3. The zero-order valence-electron chi connectivity index (χ0n) is 15.4. The maximum absolute atomic E-state index is 5.94. The highest BCUT2D eigenvalue weighted by molar-refractivity contribution is 5.40. The summed E-state index contributed by atoms with van der Waals surface area (Å²) in [5.41, 5.74) is 7.03. The molecule has 0 aliphatic heterocycles. The van der Waals surface area contributed by atoms with Crippen LogP contribution < -0.4 is 10.6 Å². The van der Waals surface area contributed by atoms with E-state index in [1.54, 1.807) is 7.11 Å². The van der Waals surface area contributed by atoms with Gasteiger partial charge in [0.1, 0.15) is 18.2 Å². The average molecular weight is 344 g/mol. The van der Waals surface area contributed by atoms with Gasteiger partial charge in [0.05, 0.1) is 0 Å². The molecule has 2 N–H and O–H groups in total. The first-order valence-electron chi connectivity index (χ1n) is 8.86. The van der Waals surface area contributed by atoms with E-state index in [0.717, 1.165) is 55.4 Å². The van der Waals surface area contributed by atoms with Crippen molar-refractivity contribution in [1.29, 1.82) is 0 Å². The lowest BCUT2D eigenvalue weighted by atomic mass is 9.78. The molecular formula is C18H28N6O. The predicted molar refractivity (Wildman–Crippen MR) is 97.5 cm³/mol. The molecule has 1 saturated carbocycles. The number of ether oxygens (including phenoxy) is 1. The molecule has 0 radical (unpaired) electrons. The zero-order valence-corrected chi connectivity index (χ0v) is 15.4. The molecule has 0 amide bonds. The number of aryl methyl sites for hydroxylation is 2. The fourth-order valence-electron chi connectivity index (χ4n) is 3.23. The average Bonchev–Trinajstić information content (AvgIpc) is 2.97. The molecule has 0 aromatic carbocycles. The Morgan fingerprint density at radius 2 is 2.16 bits per heavy atom. The molecule has 1 aliphatic rings. The highest BCUT2D eigenvalue weighted by Gasteiger charge is 2.29. The first-order valence-corrected chi connectivity index (χ1v) is 8.86. The number of hydrogen-bond donors (Lipinski definition) is 1. The number of anilines is 1. The van der Waals surface area contributed by atoms with Gasteiger partial charge in [-0.15, -0.1) is 0 Å². The lowest BCUT2D eigenvalue weighted by Gasteiger charge is -2.32. The minimum atomic E-state index is 0.310. The number of methoxy groups -OCH3 is 1. The number of rotatable bonds is 8. The smallest absolute Gasteiger partial charge is 0.156 e. The Morgan fingerprint density at radius 3 is 2.80 bits per heavy atom. The van der Waals surface area contributed by atoms with Crippen molar-refractivity contribution in [1.82, 2.24) is 19.5 Å². The molecule has 0 atom stereocenters. The Kier molecular flexibility index (Phi) is 5.65. The summed E-state index contributed by atoms with van der Waals surface area (Å²) in [6.07, 6.45) is 7.81. The van der Waals surface area contributed by atoms with Crippen molar-refractivity contribution in [2.24, 2.45) is 12.8 Å². The van der Waals surface area contributed by atoms with Crippen molar-refractivity contribution in [2.75, 3.05) is 25.6 Å². The molecule has 1 aliphatic carbocycles. The van der Waals surface area contributed by atoms with E-state index < -0.39 is 0 Å². The fraction of sp³-hybridized carbons (Fsp3) is 0.611. The number of nitrogens with zero attached hydrogens (tertiary/aromatic N) is 5. The summed E-state index contributed by atoms with van der Waals surface area (Å²) in [5, 5.41) is 0. The second kappa shape index (κ2) is 7.93. The van der Waals surface area contributed by atoms with Crippen molar-refractivity contribution < 1.29 is 4.74 Å². The normalized spacial score (nSPS) is 19.7. The molecule has 2 aromatic heterocycles. The van der Waals surface area contributed by atoms with E-state index in [2.05, 4.69) is 37.5 Å². The summed E-state index contributed by atoms with van der Waals surface area (Å²) >= 11 is 0. The van der Waals surface area contributed by atoms with Crippen molar-refractivity contribution in [3.63, 3.8) is 0 Å². The number of imidazole rings is 1. The molecule has 7 heteroatoms. The highest BCUT2D eigenvalue weighted by Crippen LogP contribution is 2.35. The van der Waals surface area contributed by atoms with Gasteiger partial charge >= 0.3 is 0 Å². The maximum Gasteiger partial charge on any atom is 0.156 e. The number of nitrogens with two attached hydrogens (primary N) is 1. The highest BCUT2D eigenvalue weighted by atomic mass is 16.5. The van der Waals surface area contributed by atoms with E-state index in [9.17, 15) is 0 Å². The molecule has 3 rings (SSSR count). The third-order valence-electron chi connectivity index (χ3n) is 4.85. The quantitative estimate of drug-likeness (QED) is 0.784. The summed E-state index contributed by atoms with van der Waals surface area (Å²) in [6, 6.07) is 2.42. The third kappa shape index (κ3) is 4.35. The van der Waals surface area contributed by atoms with E-state index in [0.29, 0.717) is 18.6 Å². The first-order chi connectivity index (χ1) is 12.1. The second-order valence-electron chi connectivity index (χ2n) is 6.91. The molecule has 2 heterocycles. The van der Waals surface area contributed by atoms with Gasteiger partial charge in [-0.3, -0.25) is 0 Å². The Hall–Kier alpha value is -1.99. The summed E-state index contributed by atoms with van der Waals surface area (Å²) in [7, 11) is 5.78. The van der Waals surface area contributed by atoms with Crippen molar-refractivity contribution in [3.8, 4) is 0 Å². The van der Waals surface area contributed by atoms with Crippen molar-refractivity contribution in [2.45, 2.75) is 44.2 Å². The van der Waals surface area contributed by atoms with E-state index in [1.165, 1.54) is 0 Å². The molecule has 0 saturated heterocycles. The van der Waals surface area contributed by atoms with Crippen LogP contribution in [0, 0.1) is 0 Å². The predicted octanol–water partition coefficient (Wildman–Crippen LogP) is 1.63. The molecule has 0 spiro atoms. The van der Waals surface area contributed by atoms with Gasteiger partial charge in [-0.2, -0.15) is 0 Å². The lowest BCUT2D eigenvalue weighted by Crippen LogP contribution is -2.35. The van der Waals surface area contributed by atoms with Gasteiger partial charge in [-0.1, -0.05) is 0 Å². The summed E-state index contributed by atoms with van der Waals surface area (Å²) < 4.78 is 7.30. The Balaban J connectivity index is 1.65. The molecule has 136 valence electrons. The van der Waals surface area contributed by atoms with E-state index in [1.807, 2.05) is 19.4 Å². The zero-order chi connectivity index (χ0) is 17.8. The monoisotopic (exact) mass is 344 g/mol. The molecule has 25 heavy (non-hydrogen) atoms. The second-order valence-corrected chi connectivity index (χ2v) is 6.91. The topological polar surface area (TPSA) is 82.1 Å². The first kappa shape index (κ1) is 17.8. The molecule has 0 bridgehead atoms. The summed E-state index contributed by atoms with van der Waals surface area (Å²) in [5.74, 6) is 3.26. The van der Waals surface area contributed by atoms with E-state index >= 15 is 0 Å². The fourth-order valence-corrected chi connectivity index (χ4v) is 3.23. The van der Waals surface area contributed by atoms with Gasteiger partial charge in [0, 0.05) is 70.3 Å². The van der Waals surface area contributed by atoms with Crippen LogP contribution in [0.4, 0.5) is 5.82 Å². The summed E-state index contributed by atoms with van der Waals surface area (Å²) in [4.78, 5) is 15.9. The molecule has 7 nitrogen and oxygen atoms in total. The Labute approximate surface area is 149 Å². The van der Waals surface area contributed by atoms with Crippen molar-refractivity contribution in [3.05, 3.63) is 35.8 Å². The largest absolute Gasteiger partial charge is 0.377 e. The minimum Gasteiger partial charge on any atom is -0.377 e. The van der Waals surface area contributed by atoms with Crippen LogP contribution in [-0.2, 0) is 24.8 Å². The van der Waals surface area contributed by atoms with Crippen LogP contribution in [0.1, 0.15) is 42.5 Å². The summed E-state index contributed by atoms with van der Waals surface area (Å²) in [6.45, 7) is 1.35. The molecule has 0 unspecified atom stereocenters. The molecule has 2 aromatic rings. The van der Waals surface area contributed by atoms with Gasteiger partial charge in [-0.25, -0.2) is 15.0 Å². The van der Waals surface area contributed by atoms with Gasteiger partial charge < -0.3 is 19.9 Å². The number of aromatic nitrogens is 4. The minimum absolute atomic E-state index is 0.310. The van der Waals surface area contributed by atoms with Gasteiger partial charge in [0.25, 0.3) is 0 Å². The van der Waals surface area contributed by atoms with Crippen LogP contribution in [0.5, 0.6) is 0 Å². The third-order valence-corrected chi connectivity index (χ3v) is 4.85. The van der Waals surface area contributed by atoms with Gasteiger partial charge in [0.2, 0.25) is 0 Å². The molecule has 1 fully saturated rings. The van der Waals surface area contributed by atoms with Crippen LogP contribution in [0.15, 0.2) is 18.5 Å². The van der Waals surface area contributed by atoms with Gasteiger partial charge in [-0.05, 0) is 19.3 Å². The van der Waals surface area contributed by atoms with Crippen molar-refractivity contribution >= 4 is 5.82 Å².